The lowest BCUT2D eigenvalue weighted by molar-refractivity contribution is -0.139. The van der Waals surface area contributed by atoms with Crippen molar-refractivity contribution < 1.29 is 18.0 Å². The van der Waals surface area contributed by atoms with Gasteiger partial charge in [0.05, 0.1) is 11.9 Å². The van der Waals surface area contributed by atoms with Crippen molar-refractivity contribution in [3.05, 3.63) is 64.2 Å². The maximum Gasteiger partial charge on any atom is 0.244 e. The first-order valence-corrected chi connectivity index (χ1v) is 14.1. The summed E-state index contributed by atoms with van der Waals surface area (Å²) in [6, 6.07) is 11.9. The highest BCUT2D eigenvalue weighted by Gasteiger charge is 2.31. The quantitative estimate of drug-likeness (QED) is 0.538. The smallest absolute Gasteiger partial charge is 0.244 e. The Balaban J connectivity index is 1.89. The van der Waals surface area contributed by atoms with Gasteiger partial charge < -0.3 is 10.2 Å². The Hall–Kier alpha value is -2.58. The van der Waals surface area contributed by atoms with Crippen LogP contribution in [0.2, 0.25) is 5.02 Å². The van der Waals surface area contributed by atoms with E-state index in [1.54, 1.807) is 32.0 Å². The number of aryl methyl sites for hydroxylation is 2. The minimum Gasteiger partial charge on any atom is -0.352 e. The van der Waals surface area contributed by atoms with Crippen molar-refractivity contribution in [1.29, 1.82) is 0 Å². The summed E-state index contributed by atoms with van der Waals surface area (Å²) in [5, 5.41) is 3.54. The maximum absolute atomic E-state index is 13.6. The van der Waals surface area contributed by atoms with Crippen molar-refractivity contribution in [2.24, 2.45) is 0 Å². The third-order valence-corrected chi connectivity index (χ3v) is 7.81. The average molecular weight is 520 g/mol. The first-order valence-electron chi connectivity index (χ1n) is 11.8. The van der Waals surface area contributed by atoms with Crippen LogP contribution in [0.3, 0.4) is 0 Å². The lowest BCUT2D eigenvalue weighted by Crippen LogP contribution is -2.52. The van der Waals surface area contributed by atoms with Gasteiger partial charge in [0.25, 0.3) is 0 Å². The van der Waals surface area contributed by atoms with Crippen LogP contribution in [0.25, 0.3) is 0 Å². The van der Waals surface area contributed by atoms with Crippen LogP contribution in [0.1, 0.15) is 49.3 Å². The molecule has 190 valence electrons. The van der Waals surface area contributed by atoms with Gasteiger partial charge in [0.1, 0.15) is 12.6 Å². The molecular weight excluding hydrogens is 486 g/mol. The Labute approximate surface area is 213 Å². The van der Waals surface area contributed by atoms with E-state index in [0.29, 0.717) is 16.3 Å². The molecule has 2 aromatic carbocycles. The molecule has 1 atom stereocenters. The van der Waals surface area contributed by atoms with E-state index in [2.05, 4.69) is 5.32 Å². The van der Waals surface area contributed by atoms with Gasteiger partial charge in [0, 0.05) is 17.6 Å². The van der Waals surface area contributed by atoms with Crippen LogP contribution < -0.4 is 9.62 Å². The first-order chi connectivity index (χ1) is 16.5. The third-order valence-electron chi connectivity index (χ3n) is 6.45. The van der Waals surface area contributed by atoms with E-state index in [-0.39, 0.29) is 18.5 Å². The molecule has 1 aliphatic carbocycles. The molecule has 2 amide bonds. The largest absolute Gasteiger partial charge is 0.352 e. The number of amides is 2. The van der Waals surface area contributed by atoms with Gasteiger partial charge in [0.2, 0.25) is 21.8 Å². The molecule has 7 nitrogen and oxygen atoms in total. The van der Waals surface area contributed by atoms with Gasteiger partial charge in [-0.1, -0.05) is 54.3 Å². The predicted octanol–water partition coefficient (Wildman–Crippen LogP) is 4.20. The number of nitrogens with one attached hydrogen (secondary N) is 1. The van der Waals surface area contributed by atoms with E-state index in [9.17, 15) is 18.0 Å². The van der Waals surface area contributed by atoms with Crippen LogP contribution in [0.4, 0.5) is 5.69 Å². The van der Waals surface area contributed by atoms with E-state index >= 15 is 0 Å². The Morgan fingerprint density at radius 3 is 2.29 bits per heavy atom. The summed E-state index contributed by atoms with van der Waals surface area (Å²) in [7, 11) is -3.78. The first kappa shape index (κ1) is 27.0. The van der Waals surface area contributed by atoms with Crippen molar-refractivity contribution in [3.8, 4) is 0 Å². The van der Waals surface area contributed by atoms with Crippen molar-refractivity contribution in [2.45, 2.75) is 65.1 Å². The highest BCUT2D eigenvalue weighted by molar-refractivity contribution is 7.92. The van der Waals surface area contributed by atoms with E-state index < -0.39 is 28.5 Å². The highest BCUT2D eigenvalue weighted by atomic mass is 35.5. The molecule has 0 aromatic heterocycles. The number of nitrogens with zero attached hydrogens (tertiary/aromatic N) is 2. The third kappa shape index (κ3) is 7.21. The standard InChI is InChI=1S/C26H34ClN3O4S/c1-18-9-11-21(12-10-18)16-29(20(3)26(32)28-23-7-5-6-8-23)25(31)17-30(35(4,33)34)24-14-13-22(27)15-19(24)2/h9-15,20,23H,5-8,16-17H2,1-4H3,(H,28,32)/t20-/m0/s1. The molecule has 0 spiro atoms. The SMILES string of the molecule is Cc1ccc(CN(C(=O)CN(c2ccc(Cl)cc2C)S(C)(=O)=O)[C@@H](C)C(=O)NC2CCCC2)cc1. The van der Waals surface area contributed by atoms with Crippen LogP contribution >= 0.6 is 11.6 Å². The van der Waals surface area contributed by atoms with Crippen LogP contribution in [-0.4, -0.2) is 50.0 Å². The van der Waals surface area contributed by atoms with Crippen molar-refractivity contribution >= 4 is 39.1 Å². The predicted molar refractivity (Wildman–Crippen MR) is 140 cm³/mol. The minimum absolute atomic E-state index is 0.116. The van der Waals surface area contributed by atoms with Gasteiger partial charge in [-0.3, -0.25) is 13.9 Å². The summed E-state index contributed by atoms with van der Waals surface area (Å²) in [4.78, 5) is 28.2. The van der Waals surface area contributed by atoms with Crippen molar-refractivity contribution in [2.75, 3.05) is 17.1 Å². The second kappa shape index (κ2) is 11.4. The second-order valence-corrected chi connectivity index (χ2v) is 11.7. The van der Waals surface area contributed by atoms with Gasteiger partial charge >= 0.3 is 0 Å². The van der Waals surface area contributed by atoms with Crippen LogP contribution in [-0.2, 0) is 26.2 Å². The summed E-state index contributed by atoms with van der Waals surface area (Å²) in [5.74, 6) is -0.689. The van der Waals surface area contributed by atoms with Gasteiger partial charge in [-0.25, -0.2) is 8.42 Å². The molecule has 0 unspecified atom stereocenters. The van der Waals surface area contributed by atoms with E-state index in [4.69, 9.17) is 11.6 Å². The molecule has 9 heteroatoms. The zero-order valence-corrected chi connectivity index (χ0v) is 22.3. The van der Waals surface area contributed by atoms with Crippen LogP contribution in [0.5, 0.6) is 0 Å². The lowest BCUT2D eigenvalue weighted by Gasteiger charge is -2.32. The summed E-state index contributed by atoms with van der Waals surface area (Å²) in [5.41, 5.74) is 2.95. The van der Waals surface area contributed by atoms with Gasteiger partial charge in [-0.2, -0.15) is 0 Å². The van der Waals surface area contributed by atoms with E-state index in [1.807, 2.05) is 31.2 Å². The Kier molecular flexibility index (Phi) is 8.83. The molecule has 0 saturated heterocycles. The molecule has 3 rings (SSSR count). The molecule has 1 aliphatic rings. The topological polar surface area (TPSA) is 86.8 Å². The number of rotatable bonds is 9. The van der Waals surface area contributed by atoms with Gasteiger partial charge in [-0.05, 0) is 62.9 Å². The number of benzene rings is 2. The number of anilines is 1. The summed E-state index contributed by atoms with van der Waals surface area (Å²) >= 11 is 6.05. The molecule has 0 heterocycles. The fourth-order valence-corrected chi connectivity index (χ4v) is 5.49. The minimum atomic E-state index is -3.78. The Bertz CT molecular complexity index is 1160. The average Bonchev–Trinajstić information content (AvgIpc) is 3.29. The molecule has 1 N–H and O–H groups in total. The van der Waals surface area contributed by atoms with Gasteiger partial charge in [0.15, 0.2) is 0 Å². The Morgan fingerprint density at radius 2 is 1.71 bits per heavy atom. The molecule has 0 aliphatic heterocycles. The Morgan fingerprint density at radius 1 is 1.09 bits per heavy atom. The van der Waals surface area contributed by atoms with Crippen LogP contribution in [0, 0.1) is 13.8 Å². The fraction of sp³-hybridized carbons (Fsp3) is 0.462. The number of sulfonamides is 1. The van der Waals surface area contributed by atoms with E-state index in [0.717, 1.165) is 47.4 Å². The zero-order chi connectivity index (χ0) is 25.8. The van der Waals surface area contributed by atoms with Crippen molar-refractivity contribution in [1.82, 2.24) is 10.2 Å². The molecule has 0 bridgehead atoms. The van der Waals surface area contributed by atoms with Crippen molar-refractivity contribution in [3.63, 3.8) is 0 Å². The fourth-order valence-electron chi connectivity index (χ4n) is 4.36. The number of hydrogen-bond acceptors (Lipinski definition) is 4. The number of carbonyl (C=O) groups excluding carboxylic acids is 2. The number of halogens is 1. The second-order valence-electron chi connectivity index (χ2n) is 9.37. The number of carbonyl (C=O) groups is 2. The zero-order valence-electron chi connectivity index (χ0n) is 20.8. The molecule has 35 heavy (non-hydrogen) atoms. The summed E-state index contributed by atoms with van der Waals surface area (Å²) < 4.78 is 26.5. The lowest BCUT2D eigenvalue weighted by atomic mass is 10.1. The molecular formula is C26H34ClN3O4S. The molecule has 1 saturated carbocycles. The molecule has 2 aromatic rings. The van der Waals surface area contributed by atoms with Crippen LogP contribution in [0.15, 0.2) is 42.5 Å². The summed E-state index contributed by atoms with van der Waals surface area (Å²) in [6.07, 6.45) is 5.09. The molecule has 0 radical (unpaired) electrons. The van der Waals surface area contributed by atoms with Gasteiger partial charge in [-0.15, -0.1) is 0 Å². The number of hydrogen-bond donors (Lipinski definition) is 1. The van der Waals surface area contributed by atoms with E-state index in [1.165, 1.54) is 4.90 Å². The highest BCUT2D eigenvalue weighted by Crippen LogP contribution is 2.26. The molecule has 1 fully saturated rings. The maximum atomic E-state index is 13.6. The normalized spacial score (nSPS) is 15.0. The summed E-state index contributed by atoms with van der Waals surface area (Å²) in [6.45, 7) is 5.17. The monoisotopic (exact) mass is 519 g/mol.